The molecule has 2 heterocycles. The van der Waals surface area contributed by atoms with Crippen molar-refractivity contribution in [1.82, 2.24) is 14.7 Å². The van der Waals surface area contributed by atoms with Crippen LogP contribution in [0.15, 0.2) is 54.6 Å². The van der Waals surface area contributed by atoms with E-state index in [0.29, 0.717) is 32.6 Å². The molecule has 2 aromatic carbocycles. The highest BCUT2D eigenvalue weighted by Crippen LogP contribution is 2.33. The van der Waals surface area contributed by atoms with Crippen LogP contribution in [0.25, 0.3) is 0 Å². The number of hydrogen-bond donors (Lipinski definition) is 0. The molecule has 0 radical (unpaired) electrons. The van der Waals surface area contributed by atoms with Gasteiger partial charge in [-0.1, -0.05) is 54.6 Å². The molecule has 2 saturated heterocycles. The minimum absolute atomic E-state index is 0.0165. The molecule has 2 fully saturated rings. The average molecular weight is 450 g/mol. The van der Waals surface area contributed by atoms with Crippen molar-refractivity contribution >= 4 is 11.8 Å². The van der Waals surface area contributed by atoms with Gasteiger partial charge in [0.1, 0.15) is 6.10 Å². The summed E-state index contributed by atoms with van der Waals surface area (Å²) < 4.78 is 6.50. The van der Waals surface area contributed by atoms with Crippen LogP contribution in [0.3, 0.4) is 0 Å². The first-order chi connectivity index (χ1) is 15.8. The van der Waals surface area contributed by atoms with Crippen LogP contribution in [0.1, 0.15) is 29.5 Å². The predicted octanol–water partition coefficient (Wildman–Crippen LogP) is 2.89. The molecule has 6 nitrogen and oxygen atoms in total. The highest BCUT2D eigenvalue weighted by atomic mass is 16.5. The summed E-state index contributed by atoms with van der Waals surface area (Å²) in [7, 11) is 3.89. The molecule has 6 heteroatoms. The number of hydrogen-bond acceptors (Lipinski definition) is 4. The number of likely N-dealkylation sites (tertiary alicyclic amines) is 1. The fourth-order valence-electron chi connectivity index (χ4n) is 5.05. The number of aryl methyl sites for hydroxylation is 1. The number of carbonyl (C=O) groups excluding carboxylic acids is 2. The third-order valence-corrected chi connectivity index (χ3v) is 6.97. The number of rotatable bonds is 5. The van der Waals surface area contributed by atoms with E-state index in [1.807, 2.05) is 73.5 Å². The van der Waals surface area contributed by atoms with Crippen molar-refractivity contribution in [1.29, 1.82) is 0 Å². The van der Waals surface area contributed by atoms with Crippen molar-refractivity contribution < 1.29 is 14.3 Å². The molecule has 176 valence electrons. The molecule has 1 atom stereocenters. The van der Waals surface area contributed by atoms with Gasteiger partial charge in [-0.15, -0.1) is 0 Å². The van der Waals surface area contributed by atoms with Gasteiger partial charge >= 0.3 is 0 Å². The van der Waals surface area contributed by atoms with E-state index in [1.54, 1.807) is 4.90 Å². The number of likely N-dealkylation sites (N-methyl/N-ethyl adjacent to an activating group) is 2. The zero-order valence-electron chi connectivity index (χ0n) is 20.0. The van der Waals surface area contributed by atoms with Gasteiger partial charge in [0.05, 0.1) is 12.0 Å². The van der Waals surface area contributed by atoms with Crippen LogP contribution in [-0.2, 0) is 27.3 Å². The first-order valence-electron chi connectivity index (χ1n) is 11.8. The lowest BCUT2D eigenvalue weighted by Gasteiger charge is -2.49. The molecule has 0 saturated carbocycles. The summed E-state index contributed by atoms with van der Waals surface area (Å²) in [5.41, 5.74) is 2.97. The van der Waals surface area contributed by atoms with E-state index in [4.69, 9.17) is 4.74 Å². The van der Waals surface area contributed by atoms with Crippen molar-refractivity contribution in [2.75, 3.05) is 40.3 Å². The Morgan fingerprint density at radius 1 is 1.06 bits per heavy atom. The third-order valence-electron chi connectivity index (χ3n) is 6.97. The molecule has 0 aliphatic carbocycles. The lowest BCUT2D eigenvalue weighted by atomic mass is 9.88. The number of amides is 2. The van der Waals surface area contributed by atoms with Gasteiger partial charge in [0.25, 0.3) is 5.91 Å². The summed E-state index contributed by atoms with van der Waals surface area (Å²) in [6.45, 7) is 5.33. The summed E-state index contributed by atoms with van der Waals surface area (Å²) >= 11 is 0. The van der Waals surface area contributed by atoms with Gasteiger partial charge in [-0.25, -0.2) is 0 Å². The Morgan fingerprint density at radius 3 is 2.42 bits per heavy atom. The molecule has 0 unspecified atom stereocenters. The zero-order chi connectivity index (χ0) is 23.4. The van der Waals surface area contributed by atoms with Gasteiger partial charge in [0.2, 0.25) is 5.91 Å². The van der Waals surface area contributed by atoms with Crippen LogP contribution in [0.4, 0.5) is 0 Å². The molecule has 33 heavy (non-hydrogen) atoms. The summed E-state index contributed by atoms with van der Waals surface area (Å²) in [5, 5.41) is 0. The van der Waals surface area contributed by atoms with Gasteiger partial charge in [0.15, 0.2) is 0 Å². The lowest BCUT2D eigenvalue weighted by molar-refractivity contribution is -0.189. The number of nitrogens with zero attached hydrogens (tertiary/aromatic N) is 3. The number of carbonyl (C=O) groups is 2. The van der Waals surface area contributed by atoms with E-state index in [0.717, 1.165) is 36.1 Å². The summed E-state index contributed by atoms with van der Waals surface area (Å²) in [5.74, 6) is 0.182. The first kappa shape index (κ1) is 23.5. The number of benzene rings is 2. The van der Waals surface area contributed by atoms with Crippen LogP contribution in [0, 0.1) is 6.92 Å². The summed E-state index contributed by atoms with van der Waals surface area (Å²) in [4.78, 5) is 32.0. The molecule has 2 aliphatic heterocycles. The molecule has 4 rings (SSSR count). The van der Waals surface area contributed by atoms with Crippen molar-refractivity contribution in [2.45, 2.75) is 44.4 Å². The minimum Gasteiger partial charge on any atom is -0.359 e. The van der Waals surface area contributed by atoms with Crippen molar-refractivity contribution in [2.24, 2.45) is 0 Å². The van der Waals surface area contributed by atoms with Gasteiger partial charge in [-0.05, 0) is 43.5 Å². The number of ether oxygens (including phenoxy) is 1. The molecule has 2 amide bonds. The molecule has 2 aliphatic rings. The predicted molar refractivity (Wildman–Crippen MR) is 129 cm³/mol. The Labute approximate surface area is 197 Å². The van der Waals surface area contributed by atoms with E-state index in [-0.39, 0.29) is 17.4 Å². The van der Waals surface area contributed by atoms with E-state index in [2.05, 4.69) is 11.9 Å². The summed E-state index contributed by atoms with van der Waals surface area (Å²) in [6, 6.07) is 18.1. The maximum atomic E-state index is 13.2. The third kappa shape index (κ3) is 5.63. The van der Waals surface area contributed by atoms with E-state index in [1.165, 1.54) is 0 Å². The largest absolute Gasteiger partial charge is 0.359 e. The van der Waals surface area contributed by atoms with Gasteiger partial charge in [-0.3, -0.25) is 9.59 Å². The number of morpholine rings is 1. The topological polar surface area (TPSA) is 53.1 Å². The van der Waals surface area contributed by atoms with Crippen LogP contribution in [-0.4, -0.2) is 78.5 Å². The van der Waals surface area contributed by atoms with Gasteiger partial charge < -0.3 is 19.4 Å². The highest BCUT2D eigenvalue weighted by molar-refractivity contribution is 5.81. The van der Waals surface area contributed by atoms with E-state index >= 15 is 0 Å². The molecule has 1 spiro atoms. The van der Waals surface area contributed by atoms with Crippen molar-refractivity contribution in [3.8, 4) is 0 Å². The van der Waals surface area contributed by atoms with Crippen LogP contribution >= 0.6 is 0 Å². The SMILES string of the molecule is Cc1ccccc1CC(=O)N1CCC2(CC1)CN(C)C[C@H](C(=O)N(C)Cc1ccccc1)O2. The van der Waals surface area contributed by atoms with E-state index in [9.17, 15) is 9.59 Å². The maximum absolute atomic E-state index is 13.2. The minimum atomic E-state index is -0.480. The summed E-state index contributed by atoms with van der Waals surface area (Å²) in [6.07, 6.45) is 1.46. The second kappa shape index (κ2) is 10.1. The standard InChI is InChI=1S/C27H35N3O3/c1-21-9-7-8-12-23(21)17-25(31)30-15-13-27(14-16-30)20-28(2)19-24(33-27)26(32)29(3)18-22-10-5-4-6-11-22/h4-12,24H,13-20H2,1-3H3/t24-/m1/s1. The quantitative estimate of drug-likeness (QED) is 0.705. The Balaban J connectivity index is 1.35. The molecular formula is C27H35N3O3. The molecule has 0 N–H and O–H groups in total. The van der Waals surface area contributed by atoms with Crippen molar-refractivity contribution in [3.63, 3.8) is 0 Å². The van der Waals surface area contributed by atoms with Gasteiger partial charge in [-0.2, -0.15) is 0 Å². The normalized spacial score (nSPS) is 20.6. The second-order valence-electron chi connectivity index (χ2n) is 9.65. The number of piperidine rings is 1. The average Bonchev–Trinajstić information content (AvgIpc) is 2.80. The fourth-order valence-corrected chi connectivity index (χ4v) is 5.05. The Morgan fingerprint density at radius 2 is 1.73 bits per heavy atom. The fraction of sp³-hybridized carbons (Fsp3) is 0.481. The zero-order valence-corrected chi connectivity index (χ0v) is 20.0. The van der Waals surface area contributed by atoms with Crippen LogP contribution < -0.4 is 0 Å². The van der Waals surface area contributed by atoms with Gasteiger partial charge in [0, 0.05) is 39.8 Å². The molecule has 0 aromatic heterocycles. The lowest BCUT2D eigenvalue weighted by Crippen LogP contribution is -2.62. The molecule has 0 bridgehead atoms. The Bertz CT molecular complexity index is 970. The monoisotopic (exact) mass is 449 g/mol. The Hall–Kier alpha value is -2.70. The first-order valence-corrected chi connectivity index (χ1v) is 11.8. The smallest absolute Gasteiger partial charge is 0.253 e. The van der Waals surface area contributed by atoms with Crippen LogP contribution in [0.2, 0.25) is 0 Å². The Kier molecular flexibility index (Phi) is 7.15. The van der Waals surface area contributed by atoms with Crippen LogP contribution in [0.5, 0.6) is 0 Å². The second-order valence-corrected chi connectivity index (χ2v) is 9.65. The maximum Gasteiger partial charge on any atom is 0.253 e. The molecule has 2 aromatic rings. The van der Waals surface area contributed by atoms with Crippen molar-refractivity contribution in [3.05, 3.63) is 71.3 Å². The molecular weight excluding hydrogens is 414 g/mol. The highest BCUT2D eigenvalue weighted by Gasteiger charge is 2.45. The van der Waals surface area contributed by atoms with E-state index < -0.39 is 6.10 Å².